The highest BCUT2D eigenvalue weighted by atomic mass is 32.1. The molecule has 29 heavy (non-hydrogen) atoms. The molecule has 0 fully saturated rings. The third-order valence-electron chi connectivity index (χ3n) is 4.67. The van der Waals surface area contributed by atoms with E-state index in [1.165, 1.54) is 23.5 Å². The van der Waals surface area contributed by atoms with E-state index in [1.54, 1.807) is 6.92 Å². The zero-order chi connectivity index (χ0) is 21.2. The first-order chi connectivity index (χ1) is 13.7. The van der Waals surface area contributed by atoms with Crippen LogP contribution in [0.2, 0.25) is 0 Å². The average Bonchev–Trinajstić information content (AvgIpc) is 2.98. The number of ether oxygens (including phenoxy) is 1. The van der Waals surface area contributed by atoms with Gasteiger partial charge in [0.15, 0.2) is 0 Å². The Morgan fingerprint density at radius 1 is 1.28 bits per heavy atom. The average molecular weight is 426 g/mol. The van der Waals surface area contributed by atoms with Crippen LogP contribution in [0.5, 0.6) is 0 Å². The second kappa shape index (κ2) is 8.44. The number of hydrogen-bond acceptors (Lipinski definition) is 4. The highest BCUT2D eigenvalue weighted by molar-refractivity contribution is 7.17. The number of benzene rings is 1. The summed E-state index contributed by atoms with van der Waals surface area (Å²) in [5, 5.41) is 5.36. The van der Waals surface area contributed by atoms with Crippen molar-refractivity contribution >= 4 is 34.0 Å². The number of amides is 2. The normalized spacial score (nSPS) is 16.1. The van der Waals surface area contributed by atoms with Crippen LogP contribution in [0.1, 0.15) is 46.6 Å². The SMILES string of the molecule is CCOC(=O)c1c(NC(=O)Nc2cccc(C(F)(F)F)c2)sc2c1CC[C@@H](C)C2. The summed E-state index contributed by atoms with van der Waals surface area (Å²) in [6.45, 7) is 4.03. The zero-order valence-electron chi connectivity index (χ0n) is 16.0. The van der Waals surface area contributed by atoms with E-state index in [9.17, 15) is 22.8 Å². The predicted molar refractivity (Wildman–Crippen MR) is 106 cm³/mol. The van der Waals surface area contributed by atoms with E-state index in [4.69, 9.17) is 4.74 Å². The van der Waals surface area contributed by atoms with Gasteiger partial charge in [0.05, 0.1) is 17.7 Å². The Kier molecular flexibility index (Phi) is 6.16. The number of esters is 1. The van der Waals surface area contributed by atoms with Gasteiger partial charge in [-0.1, -0.05) is 13.0 Å². The van der Waals surface area contributed by atoms with E-state index in [-0.39, 0.29) is 12.3 Å². The molecule has 0 bridgehead atoms. The first-order valence-corrected chi connectivity index (χ1v) is 10.1. The van der Waals surface area contributed by atoms with Gasteiger partial charge in [0.2, 0.25) is 0 Å². The number of fused-ring (bicyclic) bond motifs is 1. The number of anilines is 2. The molecule has 1 aromatic heterocycles. The molecular weight excluding hydrogens is 405 g/mol. The molecule has 1 aliphatic carbocycles. The number of carbonyl (C=O) groups excluding carboxylic acids is 2. The fraction of sp³-hybridized carbons (Fsp3) is 0.400. The number of halogens is 3. The van der Waals surface area contributed by atoms with Crippen molar-refractivity contribution in [2.24, 2.45) is 5.92 Å². The maximum atomic E-state index is 12.9. The van der Waals surface area contributed by atoms with Crippen molar-refractivity contribution in [3.63, 3.8) is 0 Å². The lowest BCUT2D eigenvalue weighted by molar-refractivity contribution is -0.137. The number of thiophene rings is 1. The van der Waals surface area contributed by atoms with Crippen LogP contribution in [-0.4, -0.2) is 18.6 Å². The molecule has 0 saturated carbocycles. The van der Waals surface area contributed by atoms with E-state index in [0.717, 1.165) is 41.8 Å². The molecule has 0 radical (unpaired) electrons. The molecule has 2 amide bonds. The van der Waals surface area contributed by atoms with Gasteiger partial charge in [0.1, 0.15) is 5.00 Å². The van der Waals surface area contributed by atoms with E-state index >= 15 is 0 Å². The second-order valence-electron chi connectivity index (χ2n) is 6.93. The Morgan fingerprint density at radius 2 is 2.03 bits per heavy atom. The maximum Gasteiger partial charge on any atom is 0.416 e. The molecule has 156 valence electrons. The Balaban J connectivity index is 1.82. The summed E-state index contributed by atoms with van der Waals surface area (Å²) in [5.74, 6) is -0.0306. The minimum absolute atomic E-state index is 0.00458. The Bertz CT molecular complexity index is 924. The van der Waals surface area contributed by atoms with Gasteiger partial charge in [-0.15, -0.1) is 11.3 Å². The summed E-state index contributed by atoms with van der Waals surface area (Å²) in [7, 11) is 0. The van der Waals surface area contributed by atoms with Gasteiger partial charge in [0.25, 0.3) is 0 Å². The number of nitrogens with one attached hydrogen (secondary N) is 2. The van der Waals surface area contributed by atoms with Crippen LogP contribution >= 0.6 is 11.3 Å². The number of alkyl halides is 3. The second-order valence-corrected chi connectivity index (χ2v) is 8.04. The molecule has 0 spiro atoms. The fourth-order valence-corrected chi connectivity index (χ4v) is 4.69. The van der Waals surface area contributed by atoms with Crippen LogP contribution in [0.4, 0.5) is 28.7 Å². The van der Waals surface area contributed by atoms with Gasteiger partial charge in [-0.3, -0.25) is 5.32 Å². The highest BCUT2D eigenvalue weighted by Crippen LogP contribution is 2.40. The largest absolute Gasteiger partial charge is 0.462 e. The molecule has 9 heteroatoms. The number of rotatable bonds is 4. The van der Waals surface area contributed by atoms with Crippen LogP contribution in [0, 0.1) is 5.92 Å². The topological polar surface area (TPSA) is 67.4 Å². The minimum Gasteiger partial charge on any atom is -0.462 e. The van der Waals surface area contributed by atoms with E-state index < -0.39 is 23.7 Å². The molecule has 0 aliphatic heterocycles. The standard InChI is InChI=1S/C20H21F3N2O3S/c1-3-28-18(26)16-14-8-7-11(2)9-15(14)29-17(16)25-19(27)24-13-6-4-5-12(10-13)20(21,22)23/h4-6,10-11H,3,7-9H2,1-2H3,(H2,24,25,27)/t11-/m1/s1. The number of carbonyl (C=O) groups is 2. The predicted octanol–water partition coefficient (Wildman–Crippen LogP) is 5.71. The fourth-order valence-electron chi connectivity index (χ4n) is 3.30. The lowest BCUT2D eigenvalue weighted by Crippen LogP contribution is -2.21. The van der Waals surface area contributed by atoms with Crippen molar-refractivity contribution in [1.82, 2.24) is 0 Å². The molecule has 2 aromatic rings. The Labute approximate surface area is 170 Å². The Hall–Kier alpha value is -2.55. The van der Waals surface area contributed by atoms with Crippen molar-refractivity contribution in [1.29, 1.82) is 0 Å². The van der Waals surface area contributed by atoms with Crippen LogP contribution in [-0.2, 0) is 23.8 Å². The lowest BCUT2D eigenvalue weighted by Gasteiger charge is -2.18. The van der Waals surface area contributed by atoms with Gasteiger partial charge in [-0.2, -0.15) is 13.2 Å². The molecule has 3 rings (SSSR count). The van der Waals surface area contributed by atoms with Crippen LogP contribution < -0.4 is 10.6 Å². The summed E-state index contributed by atoms with van der Waals surface area (Å²) >= 11 is 1.31. The molecule has 0 unspecified atom stereocenters. The van der Waals surface area contributed by atoms with Crippen molar-refractivity contribution in [2.45, 2.75) is 39.3 Å². The highest BCUT2D eigenvalue weighted by Gasteiger charge is 2.31. The minimum atomic E-state index is -4.51. The zero-order valence-corrected chi connectivity index (χ0v) is 16.8. The van der Waals surface area contributed by atoms with Gasteiger partial charge in [-0.05, 0) is 55.9 Å². The van der Waals surface area contributed by atoms with E-state index in [0.29, 0.717) is 16.5 Å². The molecule has 1 atom stereocenters. The number of hydrogen-bond donors (Lipinski definition) is 2. The molecule has 5 nitrogen and oxygen atoms in total. The van der Waals surface area contributed by atoms with Crippen molar-refractivity contribution < 1.29 is 27.5 Å². The molecule has 1 heterocycles. The van der Waals surface area contributed by atoms with Gasteiger partial charge in [-0.25, -0.2) is 9.59 Å². The third-order valence-corrected chi connectivity index (χ3v) is 5.84. The first-order valence-electron chi connectivity index (χ1n) is 9.26. The van der Waals surface area contributed by atoms with E-state index in [2.05, 4.69) is 17.6 Å². The molecule has 1 aliphatic rings. The smallest absolute Gasteiger partial charge is 0.416 e. The number of urea groups is 1. The molecule has 1 aromatic carbocycles. The van der Waals surface area contributed by atoms with Crippen molar-refractivity contribution in [3.8, 4) is 0 Å². The molecule has 0 saturated heterocycles. The summed E-state index contributed by atoms with van der Waals surface area (Å²) in [4.78, 5) is 25.9. The summed E-state index contributed by atoms with van der Waals surface area (Å²) < 4.78 is 43.7. The van der Waals surface area contributed by atoms with Gasteiger partial charge < -0.3 is 10.1 Å². The lowest BCUT2D eigenvalue weighted by atomic mass is 9.88. The summed E-state index contributed by atoms with van der Waals surface area (Å²) in [6.07, 6.45) is -2.04. The van der Waals surface area contributed by atoms with Gasteiger partial charge >= 0.3 is 18.2 Å². The van der Waals surface area contributed by atoms with Crippen LogP contribution in [0.3, 0.4) is 0 Å². The van der Waals surface area contributed by atoms with Crippen LogP contribution in [0.25, 0.3) is 0 Å². The van der Waals surface area contributed by atoms with Gasteiger partial charge in [0, 0.05) is 10.6 Å². The first kappa shape index (κ1) is 21.2. The van der Waals surface area contributed by atoms with Crippen LogP contribution in [0.15, 0.2) is 24.3 Å². The third kappa shape index (κ3) is 4.90. The molecule has 2 N–H and O–H groups in total. The monoisotopic (exact) mass is 426 g/mol. The van der Waals surface area contributed by atoms with Crippen molar-refractivity contribution in [2.75, 3.05) is 17.2 Å². The maximum absolute atomic E-state index is 12.9. The molecular formula is C20H21F3N2O3S. The Morgan fingerprint density at radius 3 is 2.72 bits per heavy atom. The quantitative estimate of drug-likeness (QED) is 0.615. The summed E-state index contributed by atoms with van der Waals surface area (Å²) in [5.41, 5.74) is 0.381. The van der Waals surface area contributed by atoms with Crippen molar-refractivity contribution in [3.05, 3.63) is 45.8 Å². The summed E-state index contributed by atoms with van der Waals surface area (Å²) in [6, 6.07) is 3.64. The van der Waals surface area contributed by atoms with E-state index in [1.807, 2.05) is 0 Å².